The minimum atomic E-state index is 0.611. The molecule has 0 saturated carbocycles. The Morgan fingerprint density at radius 3 is 2.33 bits per heavy atom. The van der Waals surface area contributed by atoms with Crippen LogP contribution >= 0.6 is 0 Å². The van der Waals surface area contributed by atoms with E-state index in [2.05, 4.69) is 60.1 Å². The van der Waals surface area contributed by atoms with Gasteiger partial charge >= 0.3 is 0 Å². The van der Waals surface area contributed by atoms with Gasteiger partial charge < -0.3 is 10.6 Å². The van der Waals surface area contributed by atoms with Crippen molar-refractivity contribution in [2.45, 2.75) is 27.7 Å². The number of hydrogen-bond donors (Lipinski definition) is 2. The van der Waals surface area contributed by atoms with Gasteiger partial charge in [-0.15, -0.1) is 6.58 Å². The van der Waals surface area contributed by atoms with Crippen LogP contribution in [0.3, 0.4) is 0 Å². The molecule has 0 saturated heterocycles. The minimum Gasteiger partial charge on any atom is -0.351 e. The molecule has 1 aromatic heterocycles. The Hall–Kier alpha value is -2.36. The van der Waals surface area contributed by atoms with Gasteiger partial charge in [-0.2, -0.15) is 4.98 Å². The van der Waals surface area contributed by atoms with E-state index >= 15 is 0 Å². The van der Waals surface area contributed by atoms with E-state index in [1.54, 1.807) is 6.08 Å². The van der Waals surface area contributed by atoms with Crippen molar-refractivity contribution in [3.63, 3.8) is 0 Å². The zero-order chi connectivity index (χ0) is 15.4. The fraction of sp³-hybridized carbons (Fsp3) is 0.294. The molecule has 0 radical (unpaired) electrons. The third kappa shape index (κ3) is 3.81. The van der Waals surface area contributed by atoms with Crippen LogP contribution in [0.1, 0.15) is 22.4 Å². The zero-order valence-electron chi connectivity index (χ0n) is 13.1. The summed E-state index contributed by atoms with van der Waals surface area (Å²) in [5.41, 5.74) is 5.71. The molecule has 2 aromatic rings. The van der Waals surface area contributed by atoms with Gasteiger partial charge in [0.05, 0.1) is 0 Å². The summed E-state index contributed by atoms with van der Waals surface area (Å²) in [5.74, 6) is 1.41. The topological polar surface area (TPSA) is 49.8 Å². The molecule has 0 spiro atoms. The number of rotatable bonds is 5. The maximum atomic E-state index is 4.49. The van der Waals surface area contributed by atoms with Crippen molar-refractivity contribution in [1.29, 1.82) is 0 Å². The summed E-state index contributed by atoms with van der Waals surface area (Å²) >= 11 is 0. The van der Waals surface area contributed by atoms with Crippen LogP contribution in [-0.4, -0.2) is 16.5 Å². The molecular formula is C17H22N4. The second kappa shape index (κ2) is 6.39. The first-order valence-electron chi connectivity index (χ1n) is 7.05. The summed E-state index contributed by atoms with van der Waals surface area (Å²) in [5, 5.41) is 6.53. The van der Waals surface area contributed by atoms with Crippen LogP contribution in [-0.2, 0) is 0 Å². The number of nitrogens with one attached hydrogen (secondary N) is 2. The number of hydrogen-bond acceptors (Lipinski definition) is 4. The van der Waals surface area contributed by atoms with Gasteiger partial charge in [0.15, 0.2) is 0 Å². The van der Waals surface area contributed by atoms with Crippen LogP contribution in [0, 0.1) is 27.7 Å². The summed E-state index contributed by atoms with van der Waals surface area (Å²) in [6, 6.07) is 6.28. The van der Waals surface area contributed by atoms with E-state index in [1.807, 2.05) is 13.0 Å². The molecular weight excluding hydrogens is 260 g/mol. The molecule has 0 aliphatic heterocycles. The van der Waals surface area contributed by atoms with E-state index < -0.39 is 0 Å². The van der Waals surface area contributed by atoms with Crippen LogP contribution in [0.25, 0.3) is 0 Å². The first kappa shape index (κ1) is 15.0. The molecule has 110 valence electrons. The molecule has 1 heterocycles. The predicted octanol–water partition coefficient (Wildman–Crippen LogP) is 4.05. The third-order valence-corrected chi connectivity index (χ3v) is 3.19. The highest BCUT2D eigenvalue weighted by Crippen LogP contribution is 2.25. The van der Waals surface area contributed by atoms with E-state index in [-0.39, 0.29) is 0 Å². The lowest BCUT2D eigenvalue weighted by atomic mass is 10.1. The second-order valence-electron chi connectivity index (χ2n) is 5.29. The monoisotopic (exact) mass is 282 g/mol. The van der Waals surface area contributed by atoms with Gasteiger partial charge in [-0.3, -0.25) is 0 Å². The molecule has 0 aliphatic carbocycles. The lowest BCUT2D eigenvalue weighted by molar-refractivity contribution is 1.08. The molecule has 0 fully saturated rings. The summed E-state index contributed by atoms with van der Waals surface area (Å²) in [4.78, 5) is 8.85. The van der Waals surface area contributed by atoms with Gasteiger partial charge in [0.2, 0.25) is 5.95 Å². The number of aromatic nitrogens is 2. The molecule has 4 heteroatoms. The molecule has 0 aliphatic rings. The SMILES string of the molecule is C=CCNc1nc(C)cc(Nc2c(C)cc(C)cc2C)n1. The molecule has 0 atom stereocenters. The molecule has 0 unspecified atom stereocenters. The molecule has 1 aromatic carbocycles. The standard InChI is InChI=1S/C17H22N4/c1-6-7-18-17-19-14(5)10-15(21-17)20-16-12(3)8-11(2)9-13(16)4/h6,8-10H,1,7H2,2-5H3,(H2,18,19,20,21). The van der Waals surface area contributed by atoms with Crippen molar-refractivity contribution in [2.24, 2.45) is 0 Å². The van der Waals surface area contributed by atoms with Crippen molar-refractivity contribution in [1.82, 2.24) is 9.97 Å². The highest BCUT2D eigenvalue weighted by Gasteiger charge is 2.07. The summed E-state index contributed by atoms with van der Waals surface area (Å²) in [7, 11) is 0. The van der Waals surface area contributed by atoms with Crippen molar-refractivity contribution < 1.29 is 0 Å². The fourth-order valence-electron chi connectivity index (χ4n) is 2.38. The van der Waals surface area contributed by atoms with E-state index in [0.717, 1.165) is 17.2 Å². The Kier molecular flexibility index (Phi) is 4.58. The van der Waals surface area contributed by atoms with Crippen molar-refractivity contribution in [3.8, 4) is 0 Å². The van der Waals surface area contributed by atoms with E-state index in [4.69, 9.17) is 0 Å². The van der Waals surface area contributed by atoms with Crippen molar-refractivity contribution in [3.05, 3.63) is 53.2 Å². The maximum absolute atomic E-state index is 4.49. The average molecular weight is 282 g/mol. The number of aryl methyl sites for hydroxylation is 4. The lowest BCUT2D eigenvalue weighted by Gasteiger charge is -2.14. The molecule has 4 nitrogen and oxygen atoms in total. The van der Waals surface area contributed by atoms with Gasteiger partial charge in [-0.1, -0.05) is 23.8 Å². The first-order chi connectivity index (χ1) is 9.99. The van der Waals surface area contributed by atoms with E-state index in [1.165, 1.54) is 16.7 Å². The number of anilines is 3. The lowest BCUT2D eigenvalue weighted by Crippen LogP contribution is -2.06. The van der Waals surface area contributed by atoms with Crippen molar-refractivity contribution in [2.75, 3.05) is 17.2 Å². The molecule has 21 heavy (non-hydrogen) atoms. The van der Waals surface area contributed by atoms with Gasteiger partial charge in [-0.25, -0.2) is 4.98 Å². The van der Waals surface area contributed by atoms with Gasteiger partial charge in [0.25, 0.3) is 0 Å². The second-order valence-corrected chi connectivity index (χ2v) is 5.29. The van der Waals surface area contributed by atoms with Crippen molar-refractivity contribution >= 4 is 17.5 Å². The normalized spacial score (nSPS) is 10.3. The van der Waals surface area contributed by atoms with Gasteiger partial charge in [0, 0.05) is 24.0 Å². The summed E-state index contributed by atoms with van der Waals surface area (Å²) in [6.07, 6.45) is 1.78. The van der Waals surface area contributed by atoms with Gasteiger partial charge in [0.1, 0.15) is 5.82 Å². The predicted molar refractivity (Wildman–Crippen MR) is 89.4 cm³/mol. The highest BCUT2D eigenvalue weighted by atomic mass is 15.1. The Morgan fingerprint density at radius 2 is 1.71 bits per heavy atom. The molecule has 2 N–H and O–H groups in total. The minimum absolute atomic E-state index is 0.611. The number of benzene rings is 1. The third-order valence-electron chi connectivity index (χ3n) is 3.19. The van der Waals surface area contributed by atoms with E-state index in [0.29, 0.717) is 12.5 Å². The highest BCUT2D eigenvalue weighted by molar-refractivity contribution is 5.66. The Labute approximate surface area is 126 Å². The Balaban J connectivity index is 2.31. The van der Waals surface area contributed by atoms with Crippen LogP contribution in [0.2, 0.25) is 0 Å². The average Bonchev–Trinajstić information content (AvgIpc) is 2.40. The quantitative estimate of drug-likeness (QED) is 0.812. The summed E-state index contributed by atoms with van der Waals surface area (Å²) in [6.45, 7) is 12.6. The zero-order valence-corrected chi connectivity index (χ0v) is 13.1. The Bertz CT molecular complexity index is 639. The largest absolute Gasteiger partial charge is 0.351 e. The van der Waals surface area contributed by atoms with Crippen LogP contribution in [0.4, 0.5) is 17.5 Å². The molecule has 2 rings (SSSR count). The smallest absolute Gasteiger partial charge is 0.225 e. The van der Waals surface area contributed by atoms with E-state index in [9.17, 15) is 0 Å². The summed E-state index contributed by atoms with van der Waals surface area (Å²) < 4.78 is 0. The van der Waals surface area contributed by atoms with Crippen LogP contribution in [0.5, 0.6) is 0 Å². The Morgan fingerprint density at radius 1 is 1.05 bits per heavy atom. The number of nitrogens with zero attached hydrogens (tertiary/aromatic N) is 2. The first-order valence-corrected chi connectivity index (χ1v) is 7.05. The van der Waals surface area contributed by atoms with Crippen LogP contribution < -0.4 is 10.6 Å². The fourth-order valence-corrected chi connectivity index (χ4v) is 2.38. The molecule has 0 amide bonds. The molecule has 0 bridgehead atoms. The van der Waals surface area contributed by atoms with Crippen LogP contribution in [0.15, 0.2) is 30.9 Å². The van der Waals surface area contributed by atoms with Gasteiger partial charge in [-0.05, 0) is 38.8 Å². The maximum Gasteiger partial charge on any atom is 0.225 e.